The molecule has 3 rings (SSSR count). The summed E-state index contributed by atoms with van der Waals surface area (Å²) in [6.07, 6.45) is 0.273. The van der Waals surface area contributed by atoms with Crippen LogP contribution in [0.25, 0.3) is 0 Å². The molecule has 0 radical (unpaired) electrons. The molecule has 2 heterocycles. The van der Waals surface area contributed by atoms with E-state index in [9.17, 15) is 14.0 Å². The average Bonchev–Trinajstić information content (AvgIpc) is 2.86. The summed E-state index contributed by atoms with van der Waals surface area (Å²) in [5.41, 5.74) is 0.790. The van der Waals surface area contributed by atoms with Crippen molar-refractivity contribution < 1.29 is 14.0 Å². The van der Waals surface area contributed by atoms with Gasteiger partial charge < -0.3 is 15.1 Å². The maximum atomic E-state index is 13.5. The first kappa shape index (κ1) is 17.7. The topological polar surface area (TPSA) is 52.7 Å². The molecule has 2 aliphatic rings. The number of hydrogen-bond acceptors (Lipinski definition) is 3. The maximum Gasteiger partial charge on any atom is 0.228 e. The first-order chi connectivity index (χ1) is 10.6. The Kier molecular flexibility index (Phi) is 5.59. The number of nitrogens with zero attached hydrogens (tertiary/aromatic N) is 2. The molecule has 0 aliphatic carbocycles. The number of likely N-dealkylation sites (tertiary alicyclic amines) is 1. The van der Waals surface area contributed by atoms with Gasteiger partial charge in [-0.15, -0.1) is 12.4 Å². The Bertz CT molecular complexity index is 598. The van der Waals surface area contributed by atoms with E-state index < -0.39 is 0 Å². The molecular weight excluding hydrogens is 321 g/mol. The smallest absolute Gasteiger partial charge is 0.228 e. The van der Waals surface area contributed by atoms with Crippen molar-refractivity contribution in [2.24, 2.45) is 5.92 Å². The van der Waals surface area contributed by atoms with Crippen LogP contribution in [0.1, 0.15) is 18.0 Å². The van der Waals surface area contributed by atoms with Crippen LogP contribution in [0.5, 0.6) is 0 Å². The molecule has 2 aliphatic heterocycles. The predicted octanol–water partition coefficient (Wildman–Crippen LogP) is 1.20. The van der Waals surface area contributed by atoms with Crippen LogP contribution >= 0.6 is 12.4 Å². The minimum Gasteiger partial charge on any atom is -0.345 e. The third-order valence-corrected chi connectivity index (χ3v) is 4.45. The predicted molar refractivity (Wildman–Crippen MR) is 86.7 cm³/mol. The molecule has 0 spiro atoms. The van der Waals surface area contributed by atoms with Crippen molar-refractivity contribution in [2.75, 3.05) is 33.2 Å². The normalized spacial score (nSPS) is 24.5. The quantitative estimate of drug-likeness (QED) is 0.879. The summed E-state index contributed by atoms with van der Waals surface area (Å²) in [7, 11) is 1.72. The van der Waals surface area contributed by atoms with Gasteiger partial charge in [0.2, 0.25) is 11.8 Å². The molecule has 7 heteroatoms. The number of carbonyl (C=O) groups excluding carboxylic acids is 2. The molecule has 2 saturated heterocycles. The van der Waals surface area contributed by atoms with Gasteiger partial charge in [-0.1, -0.05) is 12.1 Å². The van der Waals surface area contributed by atoms with E-state index in [0.29, 0.717) is 26.2 Å². The second-order valence-electron chi connectivity index (χ2n) is 5.98. The van der Waals surface area contributed by atoms with E-state index in [1.165, 1.54) is 12.1 Å². The van der Waals surface area contributed by atoms with E-state index in [1.54, 1.807) is 22.9 Å². The lowest BCUT2D eigenvalue weighted by molar-refractivity contribution is -0.139. The van der Waals surface area contributed by atoms with Crippen LogP contribution in [-0.4, -0.2) is 54.8 Å². The van der Waals surface area contributed by atoms with Crippen LogP contribution < -0.4 is 5.32 Å². The van der Waals surface area contributed by atoms with E-state index in [4.69, 9.17) is 0 Å². The summed E-state index contributed by atoms with van der Waals surface area (Å²) in [5, 5.41) is 3.25. The van der Waals surface area contributed by atoms with E-state index >= 15 is 0 Å². The van der Waals surface area contributed by atoms with Crippen LogP contribution in [0, 0.1) is 11.7 Å². The lowest BCUT2D eigenvalue weighted by Gasteiger charge is -2.38. The molecule has 1 aromatic rings. The van der Waals surface area contributed by atoms with Crippen LogP contribution in [0.3, 0.4) is 0 Å². The van der Waals surface area contributed by atoms with Crippen LogP contribution in [0.2, 0.25) is 0 Å². The van der Waals surface area contributed by atoms with Crippen LogP contribution in [-0.2, 0) is 9.59 Å². The Morgan fingerprint density at radius 2 is 2.17 bits per heavy atom. The number of halogens is 2. The standard InChI is InChI=1S/C16H20FN3O2.ClH/c1-19-10-12(8-15(19)21)16(22)20-6-5-18-9-14(20)11-3-2-4-13(17)7-11;/h2-4,7,12,14,18H,5-6,8-10H2,1H3;1H. The van der Waals surface area contributed by atoms with Gasteiger partial charge in [0.05, 0.1) is 12.0 Å². The molecule has 1 aromatic carbocycles. The molecule has 126 valence electrons. The SMILES string of the molecule is CN1CC(C(=O)N2CCNCC2c2cccc(F)c2)CC1=O.Cl. The number of rotatable bonds is 2. The summed E-state index contributed by atoms with van der Waals surface area (Å²) >= 11 is 0. The highest BCUT2D eigenvalue weighted by Gasteiger charge is 2.38. The summed E-state index contributed by atoms with van der Waals surface area (Å²) in [6.45, 7) is 2.37. The van der Waals surface area contributed by atoms with Gasteiger partial charge in [0.1, 0.15) is 5.82 Å². The molecule has 2 atom stereocenters. The summed E-state index contributed by atoms with van der Waals surface area (Å²) in [6, 6.07) is 6.19. The second-order valence-corrected chi connectivity index (χ2v) is 5.98. The third-order valence-electron chi connectivity index (χ3n) is 4.45. The summed E-state index contributed by atoms with van der Waals surface area (Å²) in [4.78, 5) is 27.8. The van der Waals surface area contributed by atoms with Gasteiger partial charge in [0.25, 0.3) is 0 Å². The minimum absolute atomic E-state index is 0. The van der Waals surface area contributed by atoms with Gasteiger partial charge in [-0.3, -0.25) is 9.59 Å². The lowest BCUT2D eigenvalue weighted by Crippen LogP contribution is -2.50. The molecule has 0 bridgehead atoms. The van der Waals surface area contributed by atoms with Crippen molar-refractivity contribution >= 4 is 24.2 Å². The molecule has 2 fully saturated rings. The monoisotopic (exact) mass is 341 g/mol. The molecule has 0 saturated carbocycles. The van der Waals surface area contributed by atoms with Crippen molar-refractivity contribution in [1.82, 2.24) is 15.1 Å². The minimum atomic E-state index is -0.300. The number of amides is 2. The lowest BCUT2D eigenvalue weighted by atomic mass is 9.99. The Balaban J connectivity index is 0.00000192. The number of benzene rings is 1. The molecular formula is C16H21ClFN3O2. The van der Waals surface area contributed by atoms with Gasteiger partial charge in [0.15, 0.2) is 0 Å². The Morgan fingerprint density at radius 1 is 1.39 bits per heavy atom. The first-order valence-electron chi connectivity index (χ1n) is 7.57. The van der Waals surface area contributed by atoms with Crippen molar-refractivity contribution in [3.63, 3.8) is 0 Å². The average molecular weight is 342 g/mol. The Labute approximate surface area is 141 Å². The first-order valence-corrected chi connectivity index (χ1v) is 7.57. The zero-order chi connectivity index (χ0) is 15.7. The van der Waals surface area contributed by atoms with Crippen molar-refractivity contribution in [3.05, 3.63) is 35.6 Å². The molecule has 23 heavy (non-hydrogen) atoms. The highest BCUT2D eigenvalue weighted by atomic mass is 35.5. The fourth-order valence-electron chi connectivity index (χ4n) is 3.24. The van der Waals surface area contributed by atoms with Crippen molar-refractivity contribution in [2.45, 2.75) is 12.5 Å². The fourth-order valence-corrected chi connectivity index (χ4v) is 3.24. The maximum absolute atomic E-state index is 13.5. The third kappa shape index (κ3) is 3.64. The highest BCUT2D eigenvalue weighted by Crippen LogP contribution is 2.27. The van der Waals surface area contributed by atoms with Gasteiger partial charge in [-0.05, 0) is 17.7 Å². The molecule has 2 amide bonds. The second kappa shape index (κ2) is 7.27. The Hall–Kier alpha value is -1.66. The van der Waals surface area contributed by atoms with Gasteiger partial charge in [-0.25, -0.2) is 4.39 Å². The number of carbonyl (C=O) groups is 2. The van der Waals surface area contributed by atoms with Crippen molar-refractivity contribution in [1.29, 1.82) is 0 Å². The largest absolute Gasteiger partial charge is 0.345 e. The Morgan fingerprint density at radius 3 is 2.83 bits per heavy atom. The van der Waals surface area contributed by atoms with E-state index in [-0.39, 0.29) is 48.4 Å². The fraction of sp³-hybridized carbons (Fsp3) is 0.500. The van der Waals surface area contributed by atoms with Crippen LogP contribution in [0.15, 0.2) is 24.3 Å². The van der Waals surface area contributed by atoms with Crippen LogP contribution in [0.4, 0.5) is 4.39 Å². The van der Waals surface area contributed by atoms with Crippen molar-refractivity contribution in [3.8, 4) is 0 Å². The summed E-state index contributed by atoms with van der Waals surface area (Å²) in [5.74, 6) is -0.581. The summed E-state index contributed by atoms with van der Waals surface area (Å²) < 4.78 is 13.5. The molecule has 0 aromatic heterocycles. The highest BCUT2D eigenvalue weighted by molar-refractivity contribution is 5.89. The number of piperazine rings is 1. The zero-order valence-corrected chi connectivity index (χ0v) is 13.8. The van der Waals surface area contributed by atoms with Gasteiger partial charge in [0, 0.05) is 39.6 Å². The van der Waals surface area contributed by atoms with E-state index in [1.807, 2.05) is 6.07 Å². The molecule has 2 unspecified atom stereocenters. The number of hydrogen-bond donors (Lipinski definition) is 1. The molecule has 1 N–H and O–H groups in total. The zero-order valence-electron chi connectivity index (χ0n) is 13.0. The van der Waals surface area contributed by atoms with E-state index in [2.05, 4.69) is 5.32 Å². The van der Waals surface area contributed by atoms with E-state index in [0.717, 1.165) is 5.56 Å². The molecule has 5 nitrogen and oxygen atoms in total. The van der Waals surface area contributed by atoms with Gasteiger partial charge in [-0.2, -0.15) is 0 Å². The van der Waals surface area contributed by atoms with Gasteiger partial charge >= 0.3 is 0 Å². The number of nitrogens with one attached hydrogen (secondary N) is 1.